The lowest BCUT2D eigenvalue weighted by molar-refractivity contribution is -0.126. The molecule has 80 valence electrons. The van der Waals surface area contributed by atoms with E-state index in [1.807, 2.05) is 0 Å². The van der Waals surface area contributed by atoms with Crippen molar-refractivity contribution in [1.29, 1.82) is 0 Å². The first kappa shape index (κ1) is 9.97. The van der Waals surface area contributed by atoms with Crippen molar-refractivity contribution in [3.63, 3.8) is 0 Å². The highest BCUT2D eigenvalue weighted by atomic mass is 16.2. The van der Waals surface area contributed by atoms with Crippen LogP contribution in [0.1, 0.15) is 44.9 Å². The molecule has 2 saturated carbocycles. The standard InChI is InChI=1S/C11H20N2O/c12-11(6-1-2-7-11)10(14)13-8-9-4-3-5-9/h9H,1-8,12H2,(H,13,14). The van der Waals surface area contributed by atoms with E-state index in [-0.39, 0.29) is 5.91 Å². The van der Waals surface area contributed by atoms with Crippen molar-refractivity contribution in [3.8, 4) is 0 Å². The third kappa shape index (κ3) is 1.92. The third-order valence-electron chi connectivity index (χ3n) is 3.72. The molecule has 0 atom stereocenters. The van der Waals surface area contributed by atoms with Crippen molar-refractivity contribution in [2.75, 3.05) is 6.54 Å². The van der Waals surface area contributed by atoms with Crippen LogP contribution in [0.3, 0.4) is 0 Å². The molecule has 3 nitrogen and oxygen atoms in total. The Labute approximate surface area is 85.4 Å². The molecule has 2 aliphatic carbocycles. The molecule has 1 amide bonds. The Balaban J connectivity index is 1.76. The summed E-state index contributed by atoms with van der Waals surface area (Å²) in [5, 5.41) is 3.00. The minimum Gasteiger partial charge on any atom is -0.354 e. The van der Waals surface area contributed by atoms with Gasteiger partial charge >= 0.3 is 0 Å². The maximum Gasteiger partial charge on any atom is 0.240 e. The third-order valence-corrected chi connectivity index (χ3v) is 3.72. The van der Waals surface area contributed by atoms with Gasteiger partial charge in [0.15, 0.2) is 0 Å². The van der Waals surface area contributed by atoms with Crippen molar-refractivity contribution >= 4 is 5.91 Å². The Morgan fingerprint density at radius 2 is 1.93 bits per heavy atom. The molecular formula is C11H20N2O. The summed E-state index contributed by atoms with van der Waals surface area (Å²) in [5.41, 5.74) is 5.50. The van der Waals surface area contributed by atoms with Gasteiger partial charge in [-0.15, -0.1) is 0 Å². The van der Waals surface area contributed by atoms with Gasteiger partial charge in [0, 0.05) is 6.54 Å². The summed E-state index contributed by atoms with van der Waals surface area (Å²) >= 11 is 0. The first-order chi connectivity index (χ1) is 6.71. The van der Waals surface area contributed by atoms with Gasteiger partial charge in [-0.2, -0.15) is 0 Å². The zero-order chi connectivity index (χ0) is 10.0. The first-order valence-electron chi connectivity index (χ1n) is 5.78. The van der Waals surface area contributed by atoms with Crippen LogP contribution in [0.15, 0.2) is 0 Å². The number of hydrogen-bond acceptors (Lipinski definition) is 2. The molecule has 0 unspecified atom stereocenters. The molecule has 14 heavy (non-hydrogen) atoms. The van der Waals surface area contributed by atoms with Gasteiger partial charge in [0.05, 0.1) is 5.54 Å². The summed E-state index contributed by atoms with van der Waals surface area (Å²) in [6, 6.07) is 0. The fourth-order valence-corrected chi connectivity index (χ4v) is 2.34. The predicted octanol–water partition coefficient (Wildman–Crippen LogP) is 1.17. The first-order valence-corrected chi connectivity index (χ1v) is 5.78. The lowest BCUT2D eigenvalue weighted by atomic mass is 9.85. The van der Waals surface area contributed by atoms with E-state index in [1.54, 1.807) is 0 Å². The topological polar surface area (TPSA) is 55.1 Å². The highest BCUT2D eigenvalue weighted by Gasteiger charge is 2.37. The fraction of sp³-hybridized carbons (Fsp3) is 0.909. The van der Waals surface area contributed by atoms with Gasteiger partial charge in [0.1, 0.15) is 0 Å². The van der Waals surface area contributed by atoms with E-state index >= 15 is 0 Å². The molecule has 0 aromatic heterocycles. The molecular weight excluding hydrogens is 176 g/mol. The molecule has 0 aromatic rings. The summed E-state index contributed by atoms with van der Waals surface area (Å²) in [6.07, 6.45) is 7.82. The van der Waals surface area contributed by atoms with E-state index in [4.69, 9.17) is 5.73 Å². The quantitative estimate of drug-likeness (QED) is 0.712. The van der Waals surface area contributed by atoms with Crippen molar-refractivity contribution in [1.82, 2.24) is 5.32 Å². The van der Waals surface area contributed by atoms with Crippen LogP contribution in [-0.4, -0.2) is 18.0 Å². The van der Waals surface area contributed by atoms with E-state index < -0.39 is 5.54 Å². The second-order valence-electron chi connectivity index (χ2n) is 4.87. The minimum absolute atomic E-state index is 0.0851. The maximum absolute atomic E-state index is 11.8. The van der Waals surface area contributed by atoms with Crippen LogP contribution < -0.4 is 11.1 Å². The van der Waals surface area contributed by atoms with E-state index in [1.165, 1.54) is 19.3 Å². The van der Waals surface area contributed by atoms with Gasteiger partial charge < -0.3 is 11.1 Å². The number of carbonyl (C=O) groups excluding carboxylic acids is 1. The highest BCUT2D eigenvalue weighted by molar-refractivity contribution is 5.86. The molecule has 0 aromatic carbocycles. The molecule has 3 N–H and O–H groups in total. The highest BCUT2D eigenvalue weighted by Crippen LogP contribution is 2.28. The molecule has 2 aliphatic rings. The van der Waals surface area contributed by atoms with Gasteiger partial charge in [-0.3, -0.25) is 4.79 Å². The second-order valence-corrected chi connectivity index (χ2v) is 4.87. The minimum atomic E-state index is -0.538. The Kier molecular flexibility index (Phi) is 2.77. The number of nitrogens with two attached hydrogens (primary N) is 1. The van der Waals surface area contributed by atoms with Crippen LogP contribution in [0.4, 0.5) is 0 Å². The van der Waals surface area contributed by atoms with Crippen LogP contribution in [0, 0.1) is 5.92 Å². The number of carbonyl (C=O) groups is 1. The second kappa shape index (κ2) is 3.89. The Morgan fingerprint density at radius 1 is 1.29 bits per heavy atom. The molecule has 0 bridgehead atoms. The summed E-state index contributed by atoms with van der Waals surface area (Å²) in [6.45, 7) is 0.845. The SMILES string of the molecule is NC1(C(=O)NCC2CCC2)CCCC1. The van der Waals surface area contributed by atoms with Gasteiger partial charge in [0.2, 0.25) is 5.91 Å². The summed E-state index contributed by atoms with van der Waals surface area (Å²) in [5.74, 6) is 0.811. The van der Waals surface area contributed by atoms with Crippen LogP contribution >= 0.6 is 0 Å². The lowest BCUT2D eigenvalue weighted by Gasteiger charge is -2.28. The molecule has 0 heterocycles. The molecule has 0 saturated heterocycles. The molecule has 0 aliphatic heterocycles. The summed E-state index contributed by atoms with van der Waals surface area (Å²) < 4.78 is 0. The Morgan fingerprint density at radius 3 is 2.43 bits per heavy atom. The van der Waals surface area contributed by atoms with Crippen LogP contribution in [0.25, 0.3) is 0 Å². The maximum atomic E-state index is 11.8. The average molecular weight is 196 g/mol. The average Bonchev–Trinajstić information content (AvgIpc) is 2.50. The lowest BCUT2D eigenvalue weighted by Crippen LogP contribution is -2.53. The monoisotopic (exact) mass is 196 g/mol. The van der Waals surface area contributed by atoms with E-state index in [0.29, 0.717) is 0 Å². The normalized spacial score (nSPS) is 25.8. The van der Waals surface area contributed by atoms with Gasteiger partial charge in [-0.05, 0) is 31.6 Å². The summed E-state index contributed by atoms with van der Waals surface area (Å²) in [7, 11) is 0. The van der Waals surface area contributed by atoms with Crippen molar-refractivity contribution < 1.29 is 4.79 Å². The zero-order valence-electron chi connectivity index (χ0n) is 8.72. The van der Waals surface area contributed by atoms with Crippen LogP contribution in [0.2, 0.25) is 0 Å². The number of hydrogen-bond donors (Lipinski definition) is 2. The number of rotatable bonds is 3. The van der Waals surface area contributed by atoms with Crippen LogP contribution in [0.5, 0.6) is 0 Å². The van der Waals surface area contributed by atoms with E-state index in [0.717, 1.165) is 38.1 Å². The largest absolute Gasteiger partial charge is 0.354 e. The summed E-state index contributed by atoms with van der Waals surface area (Å²) in [4.78, 5) is 11.8. The van der Waals surface area contributed by atoms with Gasteiger partial charge in [-0.25, -0.2) is 0 Å². The zero-order valence-corrected chi connectivity index (χ0v) is 8.72. The van der Waals surface area contributed by atoms with E-state index in [2.05, 4.69) is 5.32 Å². The van der Waals surface area contributed by atoms with Crippen molar-refractivity contribution in [3.05, 3.63) is 0 Å². The predicted molar refractivity (Wildman–Crippen MR) is 55.7 cm³/mol. The van der Waals surface area contributed by atoms with Crippen LogP contribution in [-0.2, 0) is 4.79 Å². The number of amides is 1. The Hall–Kier alpha value is -0.570. The van der Waals surface area contributed by atoms with Crippen molar-refractivity contribution in [2.24, 2.45) is 11.7 Å². The fourth-order valence-electron chi connectivity index (χ4n) is 2.34. The number of nitrogens with one attached hydrogen (secondary N) is 1. The van der Waals surface area contributed by atoms with Crippen molar-refractivity contribution in [2.45, 2.75) is 50.5 Å². The molecule has 3 heteroatoms. The van der Waals surface area contributed by atoms with E-state index in [9.17, 15) is 4.79 Å². The Bertz CT molecular complexity index is 217. The molecule has 0 radical (unpaired) electrons. The smallest absolute Gasteiger partial charge is 0.240 e. The van der Waals surface area contributed by atoms with Gasteiger partial charge in [0.25, 0.3) is 0 Å². The molecule has 2 rings (SSSR count). The molecule has 2 fully saturated rings. The van der Waals surface area contributed by atoms with Gasteiger partial charge in [-0.1, -0.05) is 19.3 Å². The molecule has 0 spiro atoms.